The molecule has 2 aromatic rings. The van der Waals surface area contributed by atoms with Gasteiger partial charge in [-0.05, 0) is 23.8 Å². The standard InChI is InChI=1S/C16H18ClNO2/c1-18(10-13-5-3-4-6-16(13)20-2)15-8-7-12(11-19)9-14(15)17/h3-9,19H,10-11H2,1-2H3. The number of anilines is 1. The number of ether oxygens (including phenoxy) is 1. The molecule has 0 atom stereocenters. The molecule has 2 aromatic carbocycles. The van der Waals surface area contributed by atoms with E-state index < -0.39 is 0 Å². The van der Waals surface area contributed by atoms with Crippen molar-refractivity contribution in [1.29, 1.82) is 0 Å². The van der Waals surface area contributed by atoms with Crippen LogP contribution in [0.5, 0.6) is 5.75 Å². The monoisotopic (exact) mass is 291 g/mol. The molecule has 1 N–H and O–H groups in total. The highest BCUT2D eigenvalue weighted by molar-refractivity contribution is 6.33. The number of rotatable bonds is 5. The van der Waals surface area contributed by atoms with E-state index in [0.717, 1.165) is 22.6 Å². The highest BCUT2D eigenvalue weighted by Gasteiger charge is 2.10. The number of halogens is 1. The molecular weight excluding hydrogens is 274 g/mol. The van der Waals surface area contributed by atoms with E-state index in [1.807, 2.05) is 43.4 Å². The maximum Gasteiger partial charge on any atom is 0.123 e. The smallest absolute Gasteiger partial charge is 0.123 e. The molecule has 0 aliphatic rings. The van der Waals surface area contributed by atoms with Crippen LogP contribution in [0.2, 0.25) is 5.02 Å². The Morgan fingerprint density at radius 1 is 1.20 bits per heavy atom. The van der Waals surface area contributed by atoms with Crippen molar-refractivity contribution in [3.63, 3.8) is 0 Å². The van der Waals surface area contributed by atoms with Crippen LogP contribution < -0.4 is 9.64 Å². The van der Waals surface area contributed by atoms with Crippen LogP contribution in [0.15, 0.2) is 42.5 Å². The van der Waals surface area contributed by atoms with Crippen molar-refractivity contribution in [2.45, 2.75) is 13.2 Å². The lowest BCUT2D eigenvalue weighted by molar-refractivity contribution is 0.282. The average Bonchev–Trinajstić information content (AvgIpc) is 2.47. The van der Waals surface area contributed by atoms with Gasteiger partial charge < -0.3 is 14.7 Å². The molecule has 0 aliphatic heterocycles. The van der Waals surface area contributed by atoms with Crippen molar-refractivity contribution in [3.8, 4) is 5.75 Å². The lowest BCUT2D eigenvalue weighted by atomic mass is 10.1. The summed E-state index contributed by atoms with van der Waals surface area (Å²) in [5.41, 5.74) is 2.83. The first-order valence-electron chi connectivity index (χ1n) is 6.38. The summed E-state index contributed by atoms with van der Waals surface area (Å²) in [7, 11) is 3.65. The Labute approximate surface area is 124 Å². The van der Waals surface area contributed by atoms with Gasteiger partial charge in [0, 0.05) is 19.2 Å². The summed E-state index contributed by atoms with van der Waals surface area (Å²) in [6.45, 7) is 0.693. The zero-order valence-electron chi connectivity index (χ0n) is 11.6. The van der Waals surface area contributed by atoms with Crippen molar-refractivity contribution in [2.75, 3.05) is 19.1 Å². The Hall–Kier alpha value is -1.71. The van der Waals surface area contributed by atoms with E-state index in [1.54, 1.807) is 13.2 Å². The molecule has 0 amide bonds. The summed E-state index contributed by atoms with van der Waals surface area (Å²) in [4.78, 5) is 2.06. The van der Waals surface area contributed by atoms with E-state index in [4.69, 9.17) is 21.4 Å². The van der Waals surface area contributed by atoms with Gasteiger partial charge in [-0.15, -0.1) is 0 Å². The number of aliphatic hydroxyl groups excluding tert-OH is 1. The summed E-state index contributed by atoms with van der Waals surface area (Å²) < 4.78 is 5.36. The average molecular weight is 292 g/mol. The minimum Gasteiger partial charge on any atom is -0.496 e. The first-order valence-corrected chi connectivity index (χ1v) is 6.76. The van der Waals surface area contributed by atoms with Crippen LogP contribution in [0.4, 0.5) is 5.69 Å². The van der Waals surface area contributed by atoms with Crippen LogP contribution in [0.25, 0.3) is 0 Å². The van der Waals surface area contributed by atoms with Gasteiger partial charge in [0.1, 0.15) is 5.75 Å². The van der Waals surface area contributed by atoms with E-state index in [9.17, 15) is 0 Å². The van der Waals surface area contributed by atoms with Gasteiger partial charge in [0.15, 0.2) is 0 Å². The molecule has 3 nitrogen and oxygen atoms in total. The first kappa shape index (κ1) is 14.7. The van der Waals surface area contributed by atoms with Crippen molar-refractivity contribution in [2.24, 2.45) is 0 Å². The van der Waals surface area contributed by atoms with Crippen molar-refractivity contribution in [3.05, 3.63) is 58.6 Å². The van der Waals surface area contributed by atoms with Gasteiger partial charge in [-0.1, -0.05) is 35.9 Å². The third-order valence-electron chi connectivity index (χ3n) is 3.21. The molecule has 20 heavy (non-hydrogen) atoms. The number of para-hydroxylation sites is 1. The van der Waals surface area contributed by atoms with E-state index in [0.29, 0.717) is 11.6 Å². The predicted octanol–water partition coefficient (Wildman–Crippen LogP) is 3.48. The quantitative estimate of drug-likeness (QED) is 0.915. The van der Waals surface area contributed by atoms with Crippen molar-refractivity contribution in [1.82, 2.24) is 0 Å². The molecule has 0 spiro atoms. The van der Waals surface area contributed by atoms with E-state index >= 15 is 0 Å². The van der Waals surface area contributed by atoms with Crippen LogP contribution in [0.3, 0.4) is 0 Å². The fourth-order valence-electron chi connectivity index (χ4n) is 2.13. The molecule has 0 saturated carbocycles. The van der Waals surface area contributed by atoms with Gasteiger partial charge >= 0.3 is 0 Å². The minimum atomic E-state index is -0.00375. The molecule has 0 radical (unpaired) electrons. The summed E-state index contributed by atoms with van der Waals surface area (Å²) in [6.07, 6.45) is 0. The summed E-state index contributed by atoms with van der Waals surface area (Å²) >= 11 is 6.26. The Balaban J connectivity index is 2.21. The molecule has 0 aromatic heterocycles. The molecule has 2 rings (SSSR count). The second kappa shape index (κ2) is 6.64. The SMILES string of the molecule is COc1ccccc1CN(C)c1ccc(CO)cc1Cl. The van der Waals surface area contributed by atoms with Crippen LogP contribution in [0.1, 0.15) is 11.1 Å². The first-order chi connectivity index (χ1) is 9.65. The third-order valence-corrected chi connectivity index (χ3v) is 3.51. The topological polar surface area (TPSA) is 32.7 Å². The zero-order valence-corrected chi connectivity index (χ0v) is 12.4. The Kier molecular flexibility index (Phi) is 4.88. The number of hydrogen-bond donors (Lipinski definition) is 1. The van der Waals surface area contributed by atoms with Gasteiger partial charge in [-0.3, -0.25) is 0 Å². The van der Waals surface area contributed by atoms with Crippen molar-refractivity contribution >= 4 is 17.3 Å². The highest BCUT2D eigenvalue weighted by Crippen LogP contribution is 2.28. The number of hydrogen-bond acceptors (Lipinski definition) is 3. The lowest BCUT2D eigenvalue weighted by Gasteiger charge is -2.22. The highest BCUT2D eigenvalue weighted by atomic mass is 35.5. The maximum absolute atomic E-state index is 9.11. The minimum absolute atomic E-state index is 0.00375. The molecule has 0 heterocycles. The molecule has 0 aliphatic carbocycles. The third kappa shape index (κ3) is 3.24. The second-order valence-corrected chi connectivity index (χ2v) is 5.02. The normalized spacial score (nSPS) is 10.4. The van der Waals surface area contributed by atoms with Gasteiger partial charge in [-0.25, -0.2) is 0 Å². The van der Waals surface area contributed by atoms with Crippen LogP contribution in [-0.2, 0) is 13.2 Å². The van der Waals surface area contributed by atoms with Crippen molar-refractivity contribution < 1.29 is 9.84 Å². The molecule has 0 fully saturated rings. The molecule has 4 heteroatoms. The number of benzene rings is 2. The van der Waals surface area contributed by atoms with Crippen LogP contribution in [-0.4, -0.2) is 19.3 Å². The van der Waals surface area contributed by atoms with Crippen LogP contribution in [0, 0.1) is 0 Å². The fraction of sp³-hybridized carbons (Fsp3) is 0.250. The lowest BCUT2D eigenvalue weighted by Crippen LogP contribution is -2.17. The summed E-state index contributed by atoms with van der Waals surface area (Å²) in [5.74, 6) is 0.863. The van der Waals surface area contributed by atoms with Gasteiger partial charge in [0.05, 0.1) is 24.4 Å². The molecule has 0 unspecified atom stereocenters. The predicted molar refractivity (Wildman–Crippen MR) is 82.5 cm³/mol. The van der Waals surface area contributed by atoms with Gasteiger partial charge in [0.2, 0.25) is 0 Å². The second-order valence-electron chi connectivity index (χ2n) is 4.61. The van der Waals surface area contributed by atoms with E-state index in [2.05, 4.69) is 4.90 Å². The van der Waals surface area contributed by atoms with Gasteiger partial charge in [-0.2, -0.15) is 0 Å². The number of methoxy groups -OCH3 is 1. The summed E-state index contributed by atoms with van der Waals surface area (Å²) in [5, 5.41) is 9.74. The van der Waals surface area contributed by atoms with Gasteiger partial charge in [0.25, 0.3) is 0 Å². The largest absolute Gasteiger partial charge is 0.496 e. The summed E-state index contributed by atoms with van der Waals surface area (Å²) in [6, 6.07) is 13.5. The number of aliphatic hydroxyl groups is 1. The Bertz CT molecular complexity index is 586. The Morgan fingerprint density at radius 2 is 1.95 bits per heavy atom. The Morgan fingerprint density at radius 3 is 2.60 bits per heavy atom. The molecule has 0 bridgehead atoms. The maximum atomic E-state index is 9.11. The fourth-order valence-corrected chi connectivity index (χ4v) is 2.48. The van der Waals surface area contributed by atoms with E-state index in [-0.39, 0.29) is 6.61 Å². The zero-order chi connectivity index (χ0) is 14.5. The number of nitrogens with zero attached hydrogens (tertiary/aromatic N) is 1. The molecular formula is C16H18ClNO2. The molecule has 0 saturated heterocycles. The van der Waals surface area contributed by atoms with Crippen LogP contribution >= 0.6 is 11.6 Å². The molecule has 106 valence electrons. The van der Waals surface area contributed by atoms with E-state index in [1.165, 1.54) is 0 Å².